The molecule has 0 fully saturated rings. The molecule has 0 saturated carbocycles. The highest BCUT2D eigenvalue weighted by molar-refractivity contribution is 7.21. The molecule has 0 aliphatic heterocycles. The molecule has 0 aliphatic carbocycles. The molecule has 0 aliphatic rings. The number of esters is 1. The van der Waals surface area contributed by atoms with Gasteiger partial charge in [-0.05, 0) is 37.4 Å². The lowest BCUT2D eigenvalue weighted by molar-refractivity contribution is -0.131. The molecule has 3 rings (SSSR count). The predicted octanol–water partition coefficient (Wildman–Crippen LogP) is 4.86. The van der Waals surface area contributed by atoms with Crippen molar-refractivity contribution in [3.63, 3.8) is 0 Å². The van der Waals surface area contributed by atoms with Crippen LogP contribution in [0.3, 0.4) is 0 Å². The number of carbonyl (C=O) groups is 2. The largest absolute Gasteiger partial charge is 0.490 e. The highest BCUT2D eigenvalue weighted by Gasteiger charge is 2.22. The van der Waals surface area contributed by atoms with Crippen LogP contribution in [-0.4, -0.2) is 25.0 Å². The molecule has 0 amide bonds. The summed E-state index contributed by atoms with van der Waals surface area (Å²) < 4.78 is 17.5. The Morgan fingerprint density at radius 1 is 0.926 bits per heavy atom. The van der Waals surface area contributed by atoms with Crippen LogP contribution in [0.2, 0.25) is 0 Å². The summed E-state index contributed by atoms with van der Waals surface area (Å²) in [5.74, 6) is 0.309. The van der Waals surface area contributed by atoms with E-state index in [9.17, 15) is 9.59 Å². The zero-order valence-corrected chi connectivity index (χ0v) is 16.2. The van der Waals surface area contributed by atoms with E-state index in [0.717, 1.165) is 10.1 Å². The molecule has 0 saturated heterocycles. The van der Waals surface area contributed by atoms with Crippen LogP contribution < -0.4 is 14.2 Å². The molecule has 27 heavy (non-hydrogen) atoms. The molecule has 0 N–H and O–H groups in total. The first-order valence-corrected chi connectivity index (χ1v) is 9.50. The average Bonchev–Trinajstić information content (AvgIpc) is 3.07. The fourth-order valence-corrected chi connectivity index (χ4v) is 3.74. The second-order valence-electron chi connectivity index (χ2n) is 5.73. The molecule has 6 heteroatoms. The Morgan fingerprint density at radius 3 is 2.22 bits per heavy atom. The molecular formula is C21H20O5S. The third kappa shape index (κ3) is 4.11. The van der Waals surface area contributed by atoms with Crippen molar-refractivity contribution >= 4 is 33.2 Å². The summed E-state index contributed by atoms with van der Waals surface area (Å²) in [5.41, 5.74) is 0.267. The first kappa shape index (κ1) is 18.9. The molecule has 5 nitrogen and oxygen atoms in total. The third-order valence-corrected chi connectivity index (χ3v) is 4.91. The summed E-state index contributed by atoms with van der Waals surface area (Å²) in [4.78, 5) is 25.3. The lowest BCUT2D eigenvalue weighted by Crippen LogP contribution is -2.10. The van der Waals surface area contributed by atoms with Crippen molar-refractivity contribution < 1.29 is 23.8 Å². The Kier molecular flexibility index (Phi) is 5.76. The first-order chi connectivity index (χ1) is 13.0. The lowest BCUT2D eigenvalue weighted by Gasteiger charge is -2.15. The van der Waals surface area contributed by atoms with E-state index in [1.54, 1.807) is 6.07 Å². The second-order valence-corrected chi connectivity index (χ2v) is 6.82. The molecule has 2 aromatic carbocycles. The Morgan fingerprint density at radius 2 is 1.59 bits per heavy atom. The van der Waals surface area contributed by atoms with Crippen LogP contribution in [0.5, 0.6) is 17.2 Å². The fourth-order valence-electron chi connectivity index (χ4n) is 2.72. The van der Waals surface area contributed by atoms with Crippen molar-refractivity contribution in [2.75, 3.05) is 13.2 Å². The van der Waals surface area contributed by atoms with Crippen molar-refractivity contribution in [3.05, 3.63) is 52.9 Å². The normalized spacial score (nSPS) is 10.6. The third-order valence-electron chi connectivity index (χ3n) is 3.79. The van der Waals surface area contributed by atoms with Crippen LogP contribution in [0.25, 0.3) is 10.1 Å². The van der Waals surface area contributed by atoms with Crippen molar-refractivity contribution in [1.82, 2.24) is 0 Å². The zero-order chi connectivity index (χ0) is 19.4. The minimum absolute atomic E-state index is 0.164. The first-order valence-electron chi connectivity index (χ1n) is 8.68. The van der Waals surface area contributed by atoms with E-state index in [2.05, 4.69) is 0 Å². The molecule has 0 spiro atoms. The minimum atomic E-state index is -0.507. The monoisotopic (exact) mass is 384 g/mol. The average molecular weight is 384 g/mol. The van der Waals surface area contributed by atoms with Crippen molar-refractivity contribution in [1.29, 1.82) is 0 Å². The molecule has 140 valence electrons. The standard InChI is InChI=1S/C21H20O5S/c1-4-24-17-11-15(16(26-13(3)22)12-18(17)25-5-2)21(23)20-10-14-8-6-7-9-19(14)27-20/h6-12H,4-5H2,1-3H3. The number of hydrogen-bond acceptors (Lipinski definition) is 6. The number of carbonyl (C=O) groups excluding carboxylic acids is 2. The van der Waals surface area contributed by atoms with Crippen molar-refractivity contribution in [2.24, 2.45) is 0 Å². The number of benzene rings is 2. The Bertz CT molecular complexity index is 956. The fraction of sp³-hybridized carbons (Fsp3) is 0.238. The van der Waals surface area contributed by atoms with Crippen LogP contribution >= 0.6 is 11.3 Å². The number of fused-ring (bicyclic) bond motifs is 1. The second kappa shape index (κ2) is 8.22. The molecule has 0 bridgehead atoms. The van der Waals surface area contributed by atoms with Crippen LogP contribution in [0, 0.1) is 0 Å². The Labute approximate surface area is 161 Å². The Hall–Kier alpha value is -2.86. The minimum Gasteiger partial charge on any atom is -0.490 e. The van der Waals surface area contributed by atoms with Gasteiger partial charge in [0.15, 0.2) is 11.5 Å². The summed E-state index contributed by atoms with van der Waals surface area (Å²) in [7, 11) is 0. The summed E-state index contributed by atoms with van der Waals surface area (Å²) in [5, 5.41) is 0.996. The molecule has 0 atom stereocenters. The van der Waals surface area contributed by atoms with Gasteiger partial charge in [0.2, 0.25) is 5.78 Å². The predicted molar refractivity (Wildman–Crippen MR) is 105 cm³/mol. The quantitative estimate of drug-likeness (QED) is 0.331. The van der Waals surface area contributed by atoms with E-state index >= 15 is 0 Å². The van der Waals surface area contributed by atoms with E-state index < -0.39 is 5.97 Å². The zero-order valence-electron chi connectivity index (χ0n) is 15.4. The number of ketones is 1. The highest BCUT2D eigenvalue weighted by atomic mass is 32.1. The summed E-state index contributed by atoms with van der Waals surface area (Å²) in [6.07, 6.45) is 0. The number of ether oxygens (including phenoxy) is 3. The van der Waals surface area contributed by atoms with Gasteiger partial charge >= 0.3 is 5.97 Å². The van der Waals surface area contributed by atoms with E-state index in [4.69, 9.17) is 14.2 Å². The van der Waals surface area contributed by atoms with Gasteiger partial charge in [0.05, 0.1) is 23.7 Å². The number of thiophene rings is 1. The summed E-state index contributed by atoms with van der Waals surface area (Å²) >= 11 is 1.40. The van der Waals surface area contributed by atoms with E-state index in [1.807, 2.05) is 44.2 Å². The van der Waals surface area contributed by atoms with E-state index in [0.29, 0.717) is 29.6 Å². The highest BCUT2D eigenvalue weighted by Crippen LogP contribution is 2.38. The lowest BCUT2D eigenvalue weighted by atomic mass is 10.1. The van der Waals surface area contributed by atoms with Crippen LogP contribution in [0.4, 0.5) is 0 Å². The van der Waals surface area contributed by atoms with Gasteiger partial charge in [-0.3, -0.25) is 9.59 Å². The van der Waals surface area contributed by atoms with Crippen LogP contribution in [-0.2, 0) is 4.79 Å². The van der Waals surface area contributed by atoms with Gasteiger partial charge in [0, 0.05) is 17.7 Å². The SMILES string of the molecule is CCOc1cc(OC(C)=O)c(C(=O)c2cc3ccccc3s2)cc1OCC. The molecule has 0 radical (unpaired) electrons. The summed E-state index contributed by atoms with van der Waals surface area (Å²) in [6.45, 7) is 5.83. The van der Waals surface area contributed by atoms with Gasteiger partial charge in [0.25, 0.3) is 0 Å². The molecule has 3 aromatic rings. The van der Waals surface area contributed by atoms with Gasteiger partial charge in [-0.15, -0.1) is 11.3 Å². The van der Waals surface area contributed by atoms with Gasteiger partial charge in [0.1, 0.15) is 5.75 Å². The topological polar surface area (TPSA) is 61.8 Å². The van der Waals surface area contributed by atoms with Gasteiger partial charge < -0.3 is 14.2 Å². The maximum atomic E-state index is 13.2. The smallest absolute Gasteiger partial charge is 0.308 e. The summed E-state index contributed by atoms with van der Waals surface area (Å²) in [6, 6.07) is 12.7. The van der Waals surface area contributed by atoms with Gasteiger partial charge in [-0.2, -0.15) is 0 Å². The van der Waals surface area contributed by atoms with Crippen molar-refractivity contribution in [2.45, 2.75) is 20.8 Å². The van der Waals surface area contributed by atoms with Crippen molar-refractivity contribution in [3.8, 4) is 17.2 Å². The maximum Gasteiger partial charge on any atom is 0.308 e. The van der Waals surface area contributed by atoms with E-state index in [1.165, 1.54) is 24.3 Å². The van der Waals surface area contributed by atoms with Crippen LogP contribution in [0.1, 0.15) is 36.0 Å². The molecular weight excluding hydrogens is 364 g/mol. The molecule has 1 heterocycles. The maximum absolute atomic E-state index is 13.2. The van der Waals surface area contributed by atoms with Gasteiger partial charge in [-0.1, -0.05) is 18.2 Å². The molecule has 0 unspecified atom stereocenters. The van der Waals surface area contributed by atoms with E-state index in [-0.39, 0.29) is 17.1 Å². The number of hydrogen-bond donors (Lipinski definition) is 0. The number of rotatable bonds is 7. The van der Waals surface area contributed by atoms with Crippen LogP contribution in [0.15, 0.2) is 42.5 Å². The Balaban J connectivity index is 2.11. The molecule has 1 aromatic heterocycles. The van der Waals surface area contributed by atoms with Gasteiger partial charge in [-0.25, -0.2) is 0 Å².